The van der Waals surface area contributed by atoms with Crippen LogP contribution in [0, 0.1) is 5.92 Å². The minimum atomic E-state index is -0.128. The van der Waals surface area contributed by atoms with Gasteiger partial charge in [-0.05, 0) is 63.4 Å². The number of aromatic amines is 1. The minimum absolute atomic E-state index is 0.103. The number of H-pyrrole nitrogens is 1. The lowest BCUT2D eigenvalue weighted by Crippen LogP contribution is -2.57. The molecule has 4 heterocycles. The second kappa shape index (κ2) is 7.91. The van der Waals surface area contributed by atoms with Crippen molar-refractivity contribution in [2.24, 2.45) is 5.92 Å². The van der Waals surface area contributed by atoms with Crippen LogP contribution in [0.3, 0.4) is 0 Å². The molecule has 0 saturated carbocycles. The van der Waals surface area contributed by atoms with Crippen LogP contribution in [-0.4, -0.2) is 70.6 Å². The number of carbonyl (C=O) groups is 2. The molecule has 2 bridgehead atoms. The topological polar surface area (TPSA) is 81.3 Å². The molecule has 3 aliphatic rings. The summed E-state index contributed by atoms with van der Waals surface area (Å²) >= 11 is 0. The van der Waals surface area contributed by atoms with Crippen LogP contribution in [-0.2, 0) is 11.2 Å². The third-order valence-corrected chi connectivity index (χ3v) is 6.29. The number of hydrogen-bond acceptors (Lipinski definition) is 4. The molecule has 5 rings (SSSR count). The van der Waals surface area contributed by atoms with Crippen LogP contribution >= 0.6 is 0 Å². The monoisotopic (exact) mass is 383 g/mol. The Kier molecular flexibility index (Phi) is 5.35. The van der Waals surface area contributed by atoms with Gasteiger partial charge in [-0.1, -0.05) is 6.07 Å². The van der Waals surface area contributed by atoms with Crippen molar-refractivity contribution in [3.8, 4) is 0 Å². The van der Waals surface area contributed by atoms with E-state index in [1.54, 1.807) is 0 Å². The van der Waals surface area contributed by atoms with Crippen molar-refractivity contribution in [2.75, 3.05) is 32.7 Å². The Morgan fingerprint density at radius 2 is 2.00 bits per heavy atom. The molecule has 0 radical (unpaired) electrons. The Bertz CT molecular complexity index is 865. The number of likely N-dealkylation sites (N-methyl/N-ethyl adjacent to an activating group) is 1. The number of nitrogens with one attached hydrogen (secondary N) is 2. The van der Waals surface area contributed by atoms with Crippen LogP contribution in [0.5, 0.6) is 0 Å². The fourth-order valence-electron chi connectivity index (χ4n) is 4.57. The molecule has 150 valence electrons. The van der Waals surface area contributed by atoms with Crippen LogP contribution in [0.1, 0.15) is 42.7 Å². The SMILES string of the molecule is CCN(CC)C(=O)Cc1ccc2[nH]nc(C(=O)N[C@@H]3CN4CCC3CC4)c2c1. The summed E-state index contributed by atoms with van der Waals surface area (Å²) in [5.74, 6) is 0.546. The highest BCUT2D eigenvalue weighted by molar-refractivity contribution is 6.05. The van der Waals surface area contributed by atoms with Gasteiger partial charge in [-0.2, -0.15) is 5.10 Å². The molecule has 2 amide bonds. The van der Waals surface area contributed by atoms with Gasteiger partial charge in [-0.3, -0.25) is 14.7 Å². The fourth-order valence-corrected chi connectivity index (χ4v) is 4.57. The van der Waals surface area contributed by atoms with Gasteiger partial charge in [-0.15, -0.1) is 0 Å². The average molecular weight is 383 g/mol. The minimum Gasteiger partial charge on any atom is -0.346 e. The summed E-state index contributed by atoms with van der Waals surface area (Å²) in [5.41, 5.74) is 2.14. The highest BCUT2D eigenvalue weighted by Crippen LogP contribution is 2.28. The van der Waals surface area contributed by atoms with E-state index in [-0.39, 0.29) is 17.9 Å². The third kappa shape index (κ3) is 3.63. The van der Waals surface area contributed by atoms with Gasteiger partial charge in [0.05, 0.1) is 11.9 Å². The largest absolute Gasteiger partial charge is 0.346 e. The molecule has 28 heavy (non-hydrogen) atoms. The van der Waals surface area contributed by atoms with Crippen LogP contribution in [0.15, 0.2) is 18.2 Å². The second-order valence-corrected chi connectivity index (χ2v) is 7.91. The fraction of sp³-hybridized carbons (Fsp3) is 0.571. The Hall–Kier alpha value is -2.41. The van der Waals surface area contributed by atoms with Gasteiger partial charge >= 0.3 is 0 Å². The van der Waals surface area contributed by atoms with Gasteiger partial charge in [0.15, 0.2) is 5.69 Å². The Labute approximate surface area is 165 Å². The molecule has 1 atom stereocenters. The first-order chi connectivity index (χ1) is 13.6. The van der Waals surface area contributed by atoms with Crippen molar-refractivity contribution in [2.45, 2.75) is 39.2 Å². The molecular weight excluding hydrogens is 354 g/mol. The summed E-state index contributed by atoms with van der Waals surface area (Å²) in [7, 11) is 0. The molecule has 7 heteroatoms. The van der Waals surface area contributed by atoms with Crippen molar-refractivity contribution in [3.63, 3.8) is 0 Å². The normalized spacial score (nSPS) is 23.7. The van der Waals surface area contributed by atoms with Gasteiger partial charge in [-0.25, -0.2) is 0 Å². The van der Waals surface area contributed by atoms with E-state index in [9.17, 15) is 9.59 Å². The third-order valence-electron chi connectivity index (χ3n) is 6.29. The van der Waals surface area contributed by atoms with Crippen molar-refractivity contribution >= 4 is 22.7 Å². The number of fused-ring (bicyclic) bond motifs is 4. The predicted molar refractivity (Wildman–Crippen MR) is 108 cm³/mol. The molecule has 2 aromatic rings. The number of hydrogen-bond donors (Lipinski definition) is 2. The van der Waals surface area contributed by atoms with E-state index >= 15 is 0 Å². The standard InChI is InChI=1S/C21H29N5O2/c1-3-26(4-2)19(27)12-14-5-6-17-16(11-14)20(24-23-17)21(28)22-18-13-25-9-7-15(18)8-10-25/h5-6,11,15,18H,3-4,7-10,12-13H2,1-2H3,(H,22,28)(H,23,24)/t18-/m1/s1. The summed E-state index contributed by atoms with van der Waals surface area (Å²) in [6.45, 7) is 8.60. The van der Waals surface area contributed by atoms with Gasteiger partial charge in [0, 0.05) is 31.1 Å². The molecule has 0 unspecified atom stereocenters. The Morgan fingerprint density at radius 3 is 2.64 bits per heavy atom. The van der Waals surface area contributed by atoms with Crippen molar-refractivity contribution in [1.82, 2.24) is 25.3 Å². The molecule has 0 aliphatic carbocycles. The lowest BCUT2D eigenvalue weighted by molar-refractivity contribution is -0.130. The number of piperidine rings is 3. The average Bonchev–Trinajstić information content (AvgIpc) is 3.13. The summed E-state index contributed by atoms with van der Waals surface area (Å²) in [5, 5.41) is 11.2. The number of carbonyl (C=O) groups excluding carboxylic acids is 2. The number of aromatic nitrogens is 2. The quantitative estimate of drug-likeness (QED) is 0.797. The highest BCUT2D eigenvalue weighted by atomic mass is 16.2. The maximum Gasteiger partial charge on any atom is 0.272 e. The van der Waals surface area contributed by atoms with E-state index in [0.717, 1.165) is 48.9 Å². The number of nitrogens with zero attached hydrogens (tertiary/aromatic N) is 3. The van der Waals surface area contributed by atoms with Crippen LogP contribution in [0.25, 0.3) is 10.9 Å². The first-order valence-electron chi connectivity index (χ1n) is 10.4. The second-order valence-electron chi connectivity index (χ2n) is 7.91. The van der Waals surface area contributed by atoms with Crippen molar-refractivity contribution < 1.29 is 9.59 Å². The Morgan fingerprint density at radius 1 is 1.25 bits per heavy atom. The van der Waals surface area contributed by atoms with Crippen LogP contribution in [0.4, 0.5) is 0 Å². The van der Waals surface area contributed by atoms with Crippen molar-refractivity contribution in [1.29, 1.82) is 0 Å². The van der Waals surface area contributed by atoms with Crippen molar-refractivity contribution in [3.05, 3.63) is 29.5 Å². The molecule has 1 aromatic heterocycles. The van der Waals surface area contributed by atoms with Gasteiger partial charge < -0.3 is 15.1 Å². The van der Waals surface area contributed by atoms with Crippen LogP contribution in [0.2, 0.25) is 0 Å². The maximum atomic E-state index is 12.9. The first-order valence-corrected chi connectivity index (χ1v) is 10.4. The number of rotatable bonds is 6. The summed E-state index contributed by atoms with van der Waals surface area (Å²) in [6.07, 6.45) is 2.65. The number of amides is 2. The van der Waals surface area contributed by atoms with Crippen LogP contribution < -0.4 is 5.32 Å². The summed E-state index contributed by atoms with van der Waals surface area (Å²) in [6, 6.07) is 5.95. The lowest BCUT2D eigenvalue weighted by atomic mass is 9.84. The molecule has 7 nitrogen and oxygen atoms in total. The van der Waals surface area contributed by atoms with Gasteiger partial charge in [0.1, 0.15) is 0 Å². The smallest absolute Gasteiger partial charge is 0.272 e. The molecule has 3 aliphatic heterocycles. The molecule has 3 saturated heterocycles. The Balaban J connectivity index is 1.51. The van der Waals surface area contributed by atoms with E-state index < -0.39 is 0 Å². The predicted octanol–water partition coefficient (Wildman–Crippen LogP) is 1.80. The lowest BCUT2D eigenvalue weighted by Gasteiger charge is -2.44. The van der Waals surface area contributed by atoms with Gasteiger partial charge in [0.2, 0.25) is 5.91 Å². The molecule has 0 spiro atoms. The zero-order chi connectivity index (χ0) is 19.7. The highest BCUT2D eigenvalue weighted by Gasteiger charge is 2.35. The molecule has 3 fully saturated rings. The van der Waals surface area contributed by atoms with E-state index in [0.29, 0.717) is 31.1 Å². The number of benzene rings is 1. The van der Waals surface area contributed by atoms with E-state index in [1.807, 2.05) is 36.9 Å². The first kappa shape index (κ1) is 18.9. The van der Waals surface area contributed by atoms with Gasteiger partial charge in [0.25, 0.3) is 5.91 Å². The molecule has 2 N–H and O–H groups in total. The summed E-state index contributed by atoms with van der Waals surface area (Å²) < 4.78 is 0. The molecule has 1 aromatic carbocycles. The zero-order valence-corrected chi connectivity index (χ0v) is 16.7. The summed E-state index contributed by atoms with van der Waals surface area (Å²) in [4.78, 5) is 29.6. The zero-order valence-electron chi connectivity index (χ0n) is 16.7. The maximum absolute atomic E-state index is 12.9. The van der Waals surface area contributed by atoms with E-state index in [4.69, 9.17) is 0 Å². The van der Waals surface area contributed by atoms with E-state index in [2.05, 4.69) is 20.4 Å². The molecular formula is C21H29N5O2. The van der Waals surface area contributed by atoms with E-state index in [1.165, 1.54) is 0 Å².